The number of nitrogens with one attached hydrogen (secondary N) is 1. The molecule has 34 heavy (non-hydrogen) atoms. The number of nitro benzene ring substituents is 1. The molecule has 3 heterocycles. The number of nitro groups is 1. The first-order valence-corrected chi connectivity index (χ1v) is 11.7. The van der Waals surface area contributed by atoms with Crippen molar-refractivity contribution < 1.29 is 9.34 Å². The predicted molar refractivity (Wildman–Crippen MR) is 138 cm³/mol. The van der Waals surface area contributed by atoms with E-state index in [0.717, 1.165) is 21.4 Å². The van der Waals surface area contributed by atoms with E-state index in [0.29, 0.717) is 22.2 Å². The van der Waals surface area contributed by atoms with Gasteiger partial charge in [-0.3, -0.25) is 15.1 Å². The van der Waals surface area contributed by atoms with E-state index in [4.69, 9.17) is 16.6 Å². The van der Waals surface area contributed by atoms with Gasteiger partial charge in [-0.2, -0.15) is 0 Å². The third-order valence-corrected chi connectivity index (χ3v) is 6.98. The lowest BCUT2D eigenvalue weighted by Gasteiger charge is -2.26. The third-order valence-electron chi connectivity index (χ3n) is 5.78. The molecule has 0 aliphatic carbocycles. The normalized spacial score (nSPS) is 17.6. The maximum atomic E-state index is 11.2. The lowest BCUT2D eigenvalue weighted by molar-refractivity contribution is -0.384. The highest BCUT2D eigenvalue weighted by Crippen LogP contribution is 2.43. The Hall–Kier alpha value is -3.56. The summed E-state index contributed by atoms with van der Waals surface area (Å²) in [5, 5.41) is 15.2. The van der Waals surface area contributed by atoms with Crippen molar-refractivity contribution >= 4 is 44.6 Å². The van der Waals surface area contributed by atoms with Gasteiger partial charge in [-0.15, -0.1) is 0 Å². The van der Waals surface area contributed by atoms with Crippen LogP contribution in [0.4, 0.5) is 11.4 Å². The molecule has 9 heteroatoms. The molecule has 0 radical (unpaired) electrons. The van der Waals surface area contributed by atoms with Crippen molar-refractivity contribution in [2.24, 2.45) is 0 Å². The second-order valence-corrected chi connectivity index (χ2v) is 9.18. The van der Waals surface area contributed by atoms with E-state index >= 15 is 0 Å². The number of non-ortho nitro benzene ring substituents is 1. The first-order chi connectivity index (χ1) is 16.4. The van der Waals surface area contributed by atoms with Gasteiger partial charge >= 0.3 is 0 Å². The predicted octanol–water partition coefficient (Wildman–Crippen LogP) is 6.50. The minimum Gasteiger partial charge on any atom is -0.459 e. The van der Waals surface area contributed by atoms with Crippen LogP contribution in [0, 0.1) is 17.0 Å². The van der Waals surface area contributed by atoms with Gasteiger partial charge < -0.3 is 14.6 Å². The number of anilines is 1. The van der Waals surface area contributed by atoms with Crippen molar-refractivity contribution in [1.29, 1.82) is 0 Å². The fourth-order valence-electron chi connectivity index (χ4n) is 4.14. The van der Waals surface area contributed by atoms with Crippen LogP contribution in [0.25, 0.3) is 11.3 Å². The van der Waals surface area contributed by atoms with E-state index in [-0.39, 0.29) is 17.8 Å². The zero-order valence-electron chi connectivity index (χ0n) is 18.0. The summed E-state index contributed by atoms with van der Waals surface area (Å²) in [6.45, 7) is 2.03. The molecule has 170 valence electrons. The van der Waals surface area contributed by atoms with E-state index in [1.165, 1.54) is 12.1 Å². The molecular weight excluding hydrogens is 516 g/mol. The molecule has 2 aromatic heterocycles. The van der Waals surface area contributed by atoms with Gasteiger partial charge in [0.05, 0.1) is 16.7 Å². The molecule has 0 bridgehead atoms. The average molecular weight is 535 g/mol. The van der Waals surface area contributed by atoms with Crippen molar-refractivity contribution in [1.82, 2.24) is 10.3 Å². The number of benzene rings is 2. The number of rotatable bonds is 5. The minimum absolute atomic E-state index is 0.0116. The number of thiocarbonyl (C=S) groups is 1. The van der Waals surface area contributed by atoms with E-state index in [1.807, 2.05) is 54.3 Å². The summed E-state index contributed by atoms with van der Waals surface area (Å²) in [6.07, 6.45) is 1.75. The minimum atomic E-state index is -0.415. The van der Waals surface area contributed by atoms with Gasteiger partial charge in [-0.1, -0.05) is 34.1 Å². The summed E-state index contributed by atoms with van der Waals surface area (Å²) in [5.74, 6) is 1.22. The number of aryl methyl sites for hydroxylation is 1. The second kappa shape index (κ2) is 9.00. The molecule has 1 aliphatic rings. The Bertz CT molecular complexity index is 1390. The van der Waals surface area contributed by atoms with Crippen LogP contribution in [0.1, 0.15) is 29.1 Å². The van der Waals surface area contributed by atoms with Crippen LogP contribution >= 0.6 is 28.1 Å². The topological polar surface area (TPSA) is 84.4 Å². The highest BCUT2D eigenvalue weighted by Gasteiger charge is 2.42. The molecule has 0 amide bonds. The molecule has 1 fully saturated rings. The Morgan fingerprint density at radius 3 is 2.71 bits per heavy atom. The summed E-state index contributed by atoms with van der Waals surface area (Å²) < 4.78 is 7.31. The van der Waals surface area contributed by atoms with E-state index < -0.39 is 4.92 Å². The van der Waals surface area contributed by atoms with Crippen LogP contribution in [-0.2, 0) is 0 Å². The Morgan fingerprint density at radius 1 is 1.12 bits per heavy atom. The van der Waals surface area contributed by atoms with Crippen molar-refractivity contribution in [2.45, 2.75) is 19.0 Å². The molecule has 2 aromatic carbocycles. The van der Waals surface area contributed by atoms with E-state index in [1.54, 1.807) is 18.3 Å². The van der Waals surface area contributed by atoms with E-state index in [2.05, 4.69) is 32.3 Å². The SMILES string of the molecule is Cc1cc(N2C(=S)N[C@@H](c3ccccn3)[C@@H]2c2ccc(-c3cccc([N+](=O)[O-])c3)o2)ccc1Br. The summed E-state index contributed by atoms with van der Waals surface area (Å²) in [6, 6.07) is 21.4. The number of halogens is 1. The van der Waals surface area contributed by atoms with Crippen molar-refractivity contribution in [3.8, 4) is 11.3 Å². The smallest absolute Gasteiger partial charge is 0.270 e. The molecular formula is C25H19BrN4O3S. The van der Waals surface area contributed by atoms with Gasteiger partial charge in [-0.05, 0) is 67.2 Å². The molecule has 2 atom stereocenters. The molecule has 5 rings (SSSR count). The first-order valence-electron chi connectivity index (χ1n) is 10.5. The van der Waals surface area contributed by atoms with Gasteiger partial charge in [0.25, 0.3) is 5.69 Å². The number of furan rings is 1. The standard InChI is InChI=1S/C25H19BrN4O3S/c1-15-13-17(8-9-19(15)26)29-24(23(28-25(29)34)20-7-2-3-12-27-20)22-11-10-21(33-22)16-5-4-6-18(14-16)30(31)32/h2-14,23-24H,1H3,(H,28,34)/t23-,24-/m0/s1. The van der Waals surface area contributed by atoms with Gasteiger partial charge in [0.2, 0.25) is 0 Å². The maximum Gasteiger partial charge on any atom is 0.270 e. The van der Waals surface area contributed by atoms with Crippen molar-refractivity contribution in [3.05, 3.63) is 111 Å². The largest absolute Gasteiger partial charge is 0.459 e. The van der Waals surface area contributed by atoms with E-state index in [9.17, 15) is 10.1 Å². The Kier molecular flexibility index (Phi) is 5.89. The number of pyridine rings is 1. The maximum absolute atomic E-state index is 11.2. The number of hydrogen-bond donors (Lipinski definition) is 1. The number of aromatic nitrogens is 1. The quantitative estimate of drug-likeness (QED) is 0.178. The molecule has 1 saturated heterocycles. The fourth-order valence-corrected chi connectivity index (χ4v) is 4.73. The van der Waals surface area contributed by atoms with Crippen molar-refractivity contribution in [3.63, 3.8) is 0 Å². The Morgan fingerprint density at radius 2 is 1.97 bits per heavy atom. The molecule has 7 nitrogen and oxygen atoms in total. The molecule has 1 N–H and O–H groups in total. The summed E-state index contributed by atoms with van der Waals surface area (Å²) in [4.78, 5) is 17.4. The highest BCUT2D eigenvalue weighted by atomic mass is 79.9. The van der Waals surface area contributed by atoms with Crippen LogP contribution in [0.5, 0.6) is 0 Å². The van der Waals surface area contributed by atoms with Crippen LogP contribution < -0.4 is 10.2 Å². The summed E-state index contributed by atoms with van der Waals surface area (Å²) in [5.41, 5.74) is 3.48. The van der Waals surface area contributed by atoms with Crippen molar-refractivity contribution in [2.75, 3.05) is 4.90 Å². The monoisotopic (exact) mass is 534 g/mol. The van der Waals surface area contributed by atoms with Crippen LogP contribution in [0.15, 0.2) is 87.9 Å². The molecule has 4 aromatic rings. The molecule has 1 aliphatic heterocycles. The first kappa shape index (κ1) is 22.2. The lowest BCUT2D eigenvalue weighted by Crippen LogP contribution is -2.29. The van der Waals surface area contributed by atoms with Gasteiger partial charge in [0.15, 0.2) is 5.11 Å². The van der Waals surface area contributed by atoms with Crippen LogP contribution in [0.3, 0.4) is 0 Å². The van der Waals surface area contributed by atoms with Gasteiger partial charge in [0.1, 0.15) is 17.6 Å². The number of nitrogens with zero attached hydrogens (tertiary/aromatic N) is 3. The van der Waals surface area contributed by atoms with Crippen LogP contribution in [0.2, 0.25) is 0 Å². The zero-order valence-corrected chi connectivity index (χ0v) is 20.4. The van der Waals surface area contributed by atoms with Crippen LogP contribution in [-0.4, -0.2) is 15.0 Å². The highest BCUT2D eigenvalue weighted by molar-refractivity contribution is 9.10. The summed E-state index contributed by atoms with van der Waals surface area (Å²) in [7, 11) is 0. The lowest BCUT2D eigenvalue weighted by atomic mass is 10.0. The summed E-state index contributed by atoms with van der Waals surface area (Å²) >= 11 is 9.32. The molecule has 0 spiro atoms. The molecule has 0 saturated carbocycles. The molecule has 0 unspecified atom stereocenters. The average Bonchev–Trinajstić information content (AvgIpc) is 3.46. The van der Waals surface area contributed by atoms with Gasteiger partial charge in [-0.25, -0.2) is 0 Å². The third kappa shape index (κ3) is 4.08. The second-order valence-electron chi connectivity index (χ2n) is 7.94. The number of hydrogen-bond acceptors (Lipinski definition) is 5. The van der Waals surface area contributed by atoms with Gasteiger partial charge in [0, 0.05) is 34.1 Å². The fraction of sp³-hybridized carbons (Fsp3) is 0.120. The Balaban J connectivity index is 1.60. The zero-order chi connectivity index (χ0) is 23.8. The Labute approximate surface area is 209 Å².